The van der Waals surface area contributed by atoms with E-state index in [9.17, 15) is 0 Å². The normalized spacial score (nSPS) is 10.7. The molecule has 72 valence electrons. The Kier molecular flexibility index (Phi) is 2.46. The van der Waals surface area contributed by atoms with Crippen LogP contribution in [0.15, 0.2) is 30.5 Å². The van der Waals surface area contributed by atoms with Crippen LogP contribution < -0.4 is 4.98 Å². The second-order valence-electron chi connectivity index (χ2n) is 3.57. The van der Waals surface area contributed by atoms with Crippen LogP contribution in [0.4, 0.5) is 0 Å². The molecule has 14 heavy (non-hydrogen) atoms. The van der Waals surface area contributed by atoms with E-state index in [4.69, 9.17) is 5.11 Å². The molecule has 0 radical (unpaired) electrons. The molecule has 2 rings (SSSR count). The molecule has 2 heteroatoms. The predicted molar refractivity (Wildman–Crippen MR) is 56.0 cm³/mol. The van der Waals surface area contributed by atoms with Crippen LogP contribution in [0.2, 0.25) is 0 Å². The van der Waals surface area contributed by atoms with Crippen LogP contribution in [0.3, 0.4) is 0 Å². The van der Waals surface area contributed by atoms with Gasteiger partial charge in [0.15, 0.2) is 6.20 Å². The summed E-state index contributed by atoms with van der Waals surface area (Å²) in [5.74, 6) is 0. The second kappa shape index (κ2) is 3.76. The summed E-state index contributed by atoms with van der Waals surface area (Å²) in [6.07, 6.45) is 2.72. The van der Waals surface area contributed by atoms with Gasteiger partial charge in [-0.15, -0.1) is 0 Å². The van der Waals surface area contributed by atoms with E-state index in [1.165, 1.54) is 16.5 Å². The topological polar surface area (TPSA) is 34.4 Å². The van der Waals surface area contributed by atoms with E-state index in [0.717, 1.165) is 11.9 Å². The summed E-state index contributed by atoms with van der Waals surface area (Å²) in [7, 11) is 0. The van der Waals surface area contributed by atoms with Gasteiger partial charge in [0.05, 0.1) is 0 Å². The molecule has 0 spiro atoms. The highest BCUT2D eigenvalue weighted by atomic mass is 16.2. The largest absolute Gasteiger partial charge is 0.396 e. The summed E-state index contributed by atoms with van der Waals surface area (Å²) in [6, 6.07) is 8.37. The van der Waals surface area contributed by atoms with Crippen LogP contribution in [0.5, 0.6) is 0 Å². The van der Waals surface area contributed by atoms with Crippen molar-refractivity contribution in [3.05, 3.63) is 41.6 Å². The van der Waals surface area contributed by atoms with Gasteiger partial charge in [-0.2, -0.15) is 0 Å². The van der Waals surface area contributed by atoms with E-state index in [1.54, 1.807) is 0 Å². The lowest BCUT2D eigenvalue weighted by molar-refractivity contribution is -0.345. The average Bonchev–Trinajstić information content (AvgIpc) is 2.17. The first-order chi connectivity index (χ1) is 6.79. The summed E-state index contributed by atoms with van der Waals surface area (Å²) in [5, 5.41) is 10.0. The van der Waals surface area contributed by atoms with Crippen molar-refractivity contribution in [3.63, 3.8) is 0 Å². The minimum Gasteiger partial charge on any atom is -0.396 e. The highest BCUT2D eigenvalue weighted by Crippen LogP contribution is 2.13. The molecule has 0 bridgehead atoms. The van der Waals surface area contributed by atoms with Crippen LogP contribution in [0.25, 0.3) is 10.9 Å². The van der Waals surface area contributed by atoms with Crippen molar-refractivity contribution in [2.45, 2.75) is 13.3 Å². The maximum absolute atomic E-state index is 8.84. The van der Waals surface area contributed by atoms with Gasteiger partial charge in [0.1, 0.15) is 0 Å². The third-order valence-electron chi connectivity index (χ3n) is 2.35. The standard InChI is InChI=1S/C12H13NO/c1-9-6-11-7-10(4-5-14)2-3-12(11)13-8-9/h2-3,6-8,14H,4-5H2,1H3/p+1. The Labute approximate surface area is 83.2 Å². The zero-order valence-electron chi connectivity index (χ0n) is 8.25. The number of fused-ring (bicyclic) bond motifs is 1. The van der Waals surface area contributed by atoms with Crippen LogP contribution >= 0.6 is 0 Å². The molecule has 0 aliphatic rings. The first kappa shape index (κ1) is 9.16. The molecular weight excluding hydrogens is 174 g/mol. The van der Waals surface area contributed by atoms with Crippen molar-refractivity contribution < 1.29 is 10.1 Å². The Hall–Kier alpha value is -1.41. The molecule has 0 amide bonds. The number of aromatic amines is 1. The van der Waals surface area contributed by atoms with Gasteiger partial charge in [0, 0.05) is 23.6 Å². The van der Waals surface area contributed by atoms with Gasteiger partial charge in [-0.1, -0.05) is 6.07 Å². The van der Waals surface area contributed by atoms with Crippen molar-refractivity contribution in [2.75, 3.05) is 6.61 Å². The number of pyridine rings is 1. The molecule has 1 aromatic heterocycles. The predicted octanol–water partition coefficient (Wildman–Crippen LogP) is 1.50. The molecule has 0 fully saturated rings. The van der Waals surface area contributed by atoms with Crippen LogP contribution in [-0.4, -0.2) is 11.7 Å². The third-order valence-corrected chi connectivity index (χ3v) is 2.35. The maximum atomic E-state index is 8.84. The van der Waals surface area contributed by atoms with Crippen LogP contribution in [-0.2, 0) is 6.42 Å². The van der Waals surface area contributed by atoms with Gasteiger partial charge in [0.25, 0.3) is 0 Å². The molecule has 2 nitrogen and oxygen atoms in total. The Morgan fingerprint density at radius 1 is 1.29 bits per heavy atom. The van der Waals surface area contributed by atoms with Gasteiger partial charge in [-0.05, 0) is 31.0 Å². The third kappa shape index (κ3) is 1.75. The highest BCUT2D eigenvalue weighted by molar-refractivity contribution is 5.76. The lowest BCUT2D eigenvalue weighted by atomic mass is 10.1. The summed E-state index contributed by atoms with van der Waals surface area (Å²) in [5.41, 5.74) is 3.54. The Morgan fingerprint density at radius 3 is 2.93 bits per heavy atom. The van der Waals surface area contributed by atoms with Crippen molar-refractivity contribution >= 4 is 10.9 Å². The van der Waals surface area contributed by atoms with E-state index in [-0.39, 0.29) is 6.61 Å². The van der Waals surface area contributed by atoms with Crippen molar-refractivity contribution in [1.29, 1.82) is 0 Å². The number of rotatable bonds is 2. The molecule has 1 heterocycles. The zero-order valence-corrected chi connectivity index (χ0v) is 8.25. The lowest BCUT2D eigenvalue weighted by Gasteiger charge is -1.98. The van der Waals surface area contributed by atoms with Crippen molar-refractivity contribution in [3.8, 4) is 0 Å². The zero-order chi connectivity index (χ0) is 9.97. The molecule has 0 aliphatic heterocycles. The first-order valence-electron chi connectivity index (χ1n) is 4.81. The number of hydrogen-bond acceptors (Lipinski definition) is 1. The number of aliphatic hydroxyl groups is 1. The number of hydrogen-bond donors (Lipinski definition) is 1. The summed E-state index contributed by atoms with van der Waals surface area (Å²) in [4.78, 5) is 3.23. The maximum Gasteiger partial charge on any atom is 0.210 e. The first-order valence-corrected chi connectivity index (χ1v) is 4.81. The molecule has 2 aromatic rings. The van der Waals surface area contributed by atoms with Crippen LogP contribution in [0, 0.1) is 6.92 Å². The number of aromatic nitrogens is 1. The minimum atomic E-state index is 0.209. The summed E-state index contributed by atoms with van der Waals surface area (Å²) in [6.45, 7) is 2.27. The molecule has 0 saturated carbocycles. The molecule has 0 aliphatic carbocycles. The Bertz CT molecular complexity index is 451. The molecule has 0 saturated heterocycles. The van der Waals surface area contributed by atoms with Crippen LogP contribution in [0.1, 0.15) is 11.1 Å². The highest BCUT2D eigenvalue weighted by Gasteiger charge is 2.01. The van der Waals surface area contributed by atoms with E-state index in [2.05, 4.69) is 30.1 Å². The fourth-order valence-corrected chi connectivity index (χ4v) is 1.63. The quantitative estimate of drug-likeness (QED) is 0.761. The number of nitrogens with one attached hydrogen (secondary N) is 1. The van der Waals surface area contributed by atoms with Gasteiger partial charge in [-0.25, -0.2) is 4.98 Å². The fraction of sp³-hybridized carbons (Fsp3) is 0.250. The lowest BCUT2D eigenvalue weighted by Crippen LogP contribution is -2.03. The van der Waals surface area contributed by atoms with Gasteiger partial charge in [0.2, 0.25) is 5.52 Å². The van der Waals surface area contributed by atoms with Crippen molar-refractivity contribution in [2.24, 2.45) is 0 Å². The Balaban J connectivity index is 2.52. The number of H-pyrrole nitrogens is 1. The van der Waals surface area contributed by atoms with Gasteiger partial charge < -0.3 is 5.11 Å². The Morgan fingerprint density at radius 2 is 2.14 bits per heavy atom. The minimum absolute atomic E-state index is 0.209. The molecular formula is C12H14NO+. The molecule has 0 unspecified atom stereocenters. The monoisotopic (exact) mass is 188 g/mol. The number of aliphatic hydroxyl groups excluding tert-OH is 1. The number of benzene rings is 1. The number of aryl methyl sites for hydroxylation is 1. The van der Waals surface area contributed by atoms with Crippen molar-refractivity contribution in [1.82, 2.24) is 0 Å². The van der Waals surface area contributed by atoms with E-state index < -0.39 is 0 Å². The molecule has 2 N–H and O–H groups in total. The van der Waals surface area contributed by atoms with Gasteiger partial charge in [-0.3, -0.25) is 0 Å². The fourth-order valence-electron chi connectivity index (χ4n) is 1.63. The van der Waals surface area contributed by atoms with E-state index >= 15 is 0 Å². The average molecular weight is 188 g/mol. The summed E-state index contributed by atoms with van der Waals surface area (Å²) < 4.78 is 0. The van der Waals surface area contributed by atoms with E-state index in [0.29, 0.717) is 0 Å². The summed E-state index contributed by atoms with van der Waals surface area (Å²) >= 11 is 0. The second-order valence-corrected chi connectivity index (χ2v) is 3.57. The van der Waals surface area contributed by atoms with Gasteiger partial charge >= 0.3 is 0 Å². The SMILES string of the molecule is Cc1c[nH+]c2ccc(CCO)cc2c1. The van der Waals surface area contributed by atoms with E-state index in [1.807, 2.05) is 12.3 Å². The molecule has 1 aromatic carbocycles. The molecule has 0 atom stereocenters. The smallest absolute Gasteiger partial charge is 0.210 e.